The summed E-state index contributed by atoms with van der Waals surface area (Å²) in [5.74, 6) is 0. The molecule has 0 fully saturated rings. The minimum atomic E-state index is -3.45. The van der Waals surface area contributed by atoms with Gasteiger partial charge in [-0.25, -0.2) is 21.8 Å². The van der Waals surface area contributed by atoms with Crippen molar-refractivity contribution >= 4 is 19.7 Å². The van der Waals surface area contributed by atoms with Crippen molar-refractivity contribution in [2.75, 3.05) is 26.6 Å². The average molecular weight is 292 g/mol. The number of aromatic nitrogens is 1. The van der Waals surface area contributed by atoms with Crippen molar-refractivity contribution in [3.05, 3.63) is 17.8 Å². The third kappa shape index (κ3) is 3.76. The molecule has 8 heteroatoms. The largest absolute Gasteiger partial charge is 0.304 e. The number of pyridine rings is 1. The van der Waals surface area contributed by atoms with E-state index in [0.717, 1.165) is 12.5 Å². The van der Waals surface area contributed by atoms with Crippen LogP contribution in [0.3, 0.4) is 0 Å². The Morgan fingerprint density at radius 2 is 1.61 bits per heavy atom. The molecular formula is C10H16N2O4S2. The highest BCUT2D eigenvalue weighted by Crippen LogP contribution is 2.17. The van der Waals surface area contributed by atoms with Crippen LogP contribution >= 0.6 is 0 Å². The summed E-state index contributed by atoms with van der Waals surface area (Å²) in [5, 5.41) is -0.119. The molecule has 0 aliphatic carbocycles. The monoisotopic (exact) mass is 292 g/mol. The highest BCUT2D eigenvalue weighted by molar-refractivity contribution is 7.91. The van der Waals surface area contributed by atoms with Gasteiger partial charge in [0.2, 0.25) is 0 Å². The molecule has 0 radical (unpaired) electrons. The first kappa shape index (κ1) is 15.1. The van der Waals surface area contributed by atoms with Crippen molar-refractivity contribution in [2.24, 2.45) is 0 Å². The molecule has 102 valence electrons. The highest BCUT2D eigenvalue weighted by Gasteiger charge is 2.18. The van der Waals surface area contributed by atoms with E-state index in [1.54, 1.807) is 19.0 Å². The Morgan fingerprint density at radius 1 is 1.06 bits per heavy atom. The van der Waals surface area contributed by atoms with Gasteiger partial charge in [0.25, 0.3) is 0 Å². The smallest absolute Gasteiger partial charge is 0.192 e. The number of sulfone groups is 2. The highest BCUT2D eigenvalue weighted by atomic mass is 32.2. The zero-order chi connectivity index (χ0) is 14.1. The molecule has 0 atom stereocenters. The summed E-state index contributed by atoms with van der Waals surface area (Å²) in [6.07, 6.45) is 2.11. The zero-order valence-corrected chi connectivity index (χ0v) is 12.3. The first-order valence-corrected chi connectivity index (χ1v) is 8.85. The van der Waals surface area contributed by atoms with Gasteiger partial charge >= 0.3 is 0 Å². The van der Waals surface area contributed by atoms with Crippen LogP contribution in [0.15, 0.2) is 22.1 Å². The van der Waals surface area contributed by atoms with Crippen LogP contribution in [0.5, 0.6) is 0 Å². The Labute approximate surface area is 107 Å². The quantitative estimate of drug-likeness (QED) is 0.773. The van der Waals surface area contributed by atoms with Crippen molar-refractivity contribution in [3.8, 4) is 0 Å². The Hall–Kier alpha value is -0.990. The van der Waals surface area contributed by atoms with Crippen LogP contribution in [0.2, 0.25) is 0 Å². The molecule has 1 heterocycles. The fourth-order valence-electron chi connectivity index (χ4n) is 1.43. The molecule has 0 aromatic carbocycles. The summed E-state index contributed by atoms with van der Waals surface area (Å²) in [4.78, 5) is 5.73. The number of hydrogen-bond acceptors (Lipinski definition) is 6. The minimum Gasteiger partial charge on any atom is -0.304 e. The van der Waals surface area contributed by atoms with Gasteiger partial charge in [0, 0.05) is 19.1 Å². The number of rotatable bonds is 4. The summed E-state index contributed by atoms with van der Waals surface area (Å²) in [6, 6.07) is 2.50. The van der Waals surface area contributed by atoms with E-state index in [9.17, 15) is 16.8 Å². The van der Waals surface area contributed by atoms with Gasteiger partial charge in [-0.05, 0) is 26.2 Å². The fraction of sp³-hybridized carbons (Fsp3) is 0.500. The summed E-state index contributed by atoms with van der Waals surface area (Å²) in [5.41, 5.74) is 0.241. The Kier molecular flexibility index (Phi) is 4.14. The number of nitrogens with zero attached hydrogens (tertiary/aromatic N) is 2. The minimum absolute atomic E-state index is 0.0589. The molecule has 18 heavy (non-hydrogen) atoms. The third-order valence-electron chi connectivity index (χ3n) is 2.15. The SMILES string of the molecule is CN(C)Cc1nc(S(C)(=O)=O)ccc1S(C)(=O)=O. The van der Waals surface area contributed by atoms with Gasteiger partial charge in [0.15, 0.2) is 24.7 Å². The predicted octanol–water partition coefficient (Wildman–Crippen LogP) is -0.0498. The van der Waals surface area contributed by atoms with Gasteiger partial charge in [-0.1, -0.05) is 0 Å². The predicted molar refractivity (Wildman–Crippen MR) is 67.8 cm³/mol. The van der Waals surface area contributed by atoms with Crippen LogP contribution in [-0.2, 0) is 26.2 Å². The average Bonchev–Trinajstić information content (AvgIpc) is 2.13. The van der Waals surface area contributed by atoms with Crippen LogP contribution in [0.1, 0.15) is 5.69 Å². The molecule has 1 aromatic rings. The van der Waals surface area contributed by atoms with E-state index in [1.807, 2.05) is 0 Å². The van der Waals surface area contributed by atoms with Crippen molar-refractivity contribution < 1.29 is 16.8 Å². The molecule has 0 saturated carbocycles. The number of hydrogen-bond donors (Lipinski definition) is 0. The molecule has 0 unspecified atom stereocenters. The molecule has 0 N–H and O–H groups in total. The van der Waals surface area contributed by atoms with Gasteiger partial charge in [-0.3, -0.25) is 0 Å². The van der Waals surface area contributed by atoms with E-state index >= 15 is 0 Å². The van der Waals surface area contributed by atoms with Gasteiger partial charge in [0.05, 0.1) is 10.6 Å². The lowest BCUT2D eigenvalue weighted by atomic mass is 10.3. The van der Waals surface area contributed by atoms with E-state index in [2.05, 4.69) is 4.98 Å². The van der Waals surface area contributed by atoms with Crippen molar-refractivity contribution in [1.29, 1.82) is 0 Å². The second-order valence-electron chi connectivity index (χ2n) is 4.38. The Balaban J connectivity index is 3.49. The third-order valence-corrected chi connectivity index (χ3v) is 4.31. The van der Waals surface area contributed by atoms with Crippen molar-refractivity contribution in [2.45, 2.75) is 16.5 Å². The molecule has 0 saturated heterocycles. The molecular weight excluding hydrogens is 276 g/mol. The first-order valence-electron chi connectivity index (χ1n) is 5.06. The summed E-state index contributed by atoms with van der Waals surface area (Å²) in [6.45, 7) is 0.256. The Morgan fingerprint density at radius 3 is 2.00 bits per heavy atom. The van der Waals surface area contributed by atoms with E-state index in [-0.39, 0.29) is 22.2 Å². The normalized spacial score (nSPS) is 12.9. The molecule has 0 aliphatic heterocycles. The van der Waals surface area contributed by atoms with Crippen LogP contribution in [0, 0.1) is 0 Å². The standard InChI is InChI=1S/C10H16N2O4S2/c1-12(2)7-8-9(17(3,13)14)5-6-10(11-8)18(4,15)16/h5-6H,7H2,1-4H3. The maximum Gasteiger partial charge on any atom is 0.192 e. The van der Waals surface area contributed by atoms with Crippen LogP contribution in [-0.4, -0.2) is 53.3 Å². The van der Waals surface area contributed by atoms with Gasteiger partial charge in [-0.2, -0.15) is 0 Å². The van der Waals surface area contributed by atoms with E-state index < -0.39 is 19.7 Å². The van der Waals surface area contributed by atoms with E-state index in [1.165, 1.54) is 12.1 Å². The lowest BCUT2D eigenvalue weighted by Crippen LogP contribution is -2.17. The van der Waals surface area contributed by atoms with Crippen LogP contribution in [0.25, 0.3) is 0 Å². The molecule has 0 amide bonds. The van der Waals surface area contributed by atoms with E-state index in [4.69, 9.17) is 0 Å². The zero-order valence-electron chi connectivity index (χ0n) is 10.7. The lowest BCUT2D eigenvalue weighted by molar-refractivity contribution is 0.390. The van der Waals surface area contributed by atoms with Gasteiger partial charge in [0.1, 0.15) is 0 Å². The maximum atomic E-state index is 11.6. The van der Waals surface area contributed by atoms with Crippen LogP contribution in [0.4, 0.5) is 0 Å². The molecule has 6 nitrogen and oxygen atoms in total. The molecule has 1 rings (SSSR count). The second-order valence-corrected chi connectivity index (χ2v) is 8.32. The van der Waals surface area contributed by atoms with Crippen molar-refractivity contribution in [3.63, 3.8) is 0 Å². The van der Waals surface area contributed by atoms with Crippen molar-refractivity contribution in [1.82, 2.24) is 9.88 Å². The molecule has 0 bridgehead atoms. The van der Waals surface area contributed by atoms with Gasteiger partial charge < -0.3 is 4.90 Å². The summed E-state index contributed by atoms with van der Waals surface area (Å²) in [7, 11) is -3.37. The second kappa shape index (κ2) is 4.94. The molecule has 0 aliphatic rings. The van der Waals surface area contributed by atoms with E-state index in [0.29, 0.717) is 0 Å². The fourth-order valence-corrected chi connectivity index (χ4v) is 2.87. The lowest BCUT2D eigenvalue weighted by Gasteiger charge is -2.13. The summed E-state index contributed by atoms with van der Waals surface area (Å²) >= 11 is 0. The molecule has 1 aromatic heterocycles. The Bertz CT molecular complexity index is 648. The van der Waals surface area contributed by atoms with Crippen LogP contribution < -0.4 is 0 Å². The molecule has 0 spiro atoms. The van der Waals surface area contributed by atoms with Gasteiger partial charge in [-0.15, -0.1) is 0 Å². The summed E-state index contributed by atoms with van der Waals surface area (Å²) < 4.78 is 46.0. The first-order chi connectivity index (χ1) is 8.01. The topological polar surface area (TPSA) is 84.4 Å². The maximum absolute atomic E-state index is 11.6.